The first-order valence-corrected chi connectivity index (χ1v) is 7.09. The molecule has 2 nitrogen and oxygen atoms in total. The van der Waals surface area contributed by atoms with Gasteiger partial charge >= 0.3 is 0 Å². The highest BCUT2D eigenvalue weighted by molar-refractivity contribution is 5.89. The van der Waals surface area contributed by atoms with Crippen molar-refractivity contribution in [1.29, 1.82) is 0 Å². The fraction of sp³-hybridized carbons (Fsp3) is 0.588. The third-order valence-corrected chi connectivity index (χ3v) is 4.28. The first-order chi connectivity index (χ1) is 8.71. The molecule has 1 aliphatic heterocycles. The van der Waals surface area contributed by atoms with Gasteiger partial charge in [0.15, 0.2) is 5.78 Å². The van der Waals surface area contributed by atoms with Crippen LogP contribution in [0.2, 0.25) is 0 Å². The van der Waals surface area contributed by atoms with Gasteiger partial charge in [0.2, 0.25) is 0 Å². The van der Waals surface area contributed by atoms with Crippen LogP contribution in [-0.4, -0.2) is 22.8 Å². The minimum absolute atomic E-state index is 0.196. The Balaban J connectivity index is 2.11. The average Bonchev–Trinajstić information content (AvgIpc) is 2.56. The van der Waals surface area contributed by atoms with Gasteiger partial charge in [-0.1, -0.05) is 45.0 Å². The average molecular weight is 259 g/mol. The minimum Gasteiger partial charge on any atom is -0.298 e. The van der Waals surface area contributed by atoms with Gasteiger partial charge in [-0.25, -0.2) is 0 Å². The lowest BCUT2D eigenvalue weighted by atomic mass is 9.86. The molecule has 1 aliphatic rings. The van der Waals surface area contributed by atoms with Crippen LogP contribution < -0.4 is 0 Å². The number of hydrogen-bond acceptors (Lipinski definition) is 2. The summed E-state index contributed by atoms with van der Waals surface area (Å²) in [6.45, 7) is 12.5. The largest absolute Gasteiger partial charge is 0.298 e. The molecular weight excluding hydrogens is 234 g/mol. The summed E-state index contributed by atoms with van der Waals surface area (Å²) in [6.07, 6.45) is 0.688. The highest BCUT2D eigenvalue weighted by Gasteiger charge is 2.39. The van der Waals surface area contributed by atoms with Gasteiger partial charge < -0.3 is 0 Å². The molecule has 19 heavy (non-hydrogen) atoms. The van der Waals surface area contributed by atoms with E-state index >= 15 is 0 Å². The number of Topliss-reactive ketones (excluding diaryl/α,β-unsaturated/α-hetero) is 1. The normalized spacial score (nSPS) is 19.9. The van der Waals surface area contributed by atoms with Crippen LogP contribution in [0.3, 0.4) is 0 Å². The monoisotopic (exact) mass is 259 g/mol. The second kappa shape index (κ2) is 4.75. The van der Waals surface area contributed by atoms with Crippen molar-refractivity contribution in [3.05, 3.63) is 35.4 Å². The second-order valence-corrected chi connectivity index (χ2v) is 7.10. The molecule has 0 spiro atoms. The Morgan fingerprint density at radius 2 is 1.74 bits per heavy atom. The maximum absolute atomic E-state index is 11.8. The molecule has 1 heterocycles. The van der Waals surface area contributed by atoms with Crippen molar-refractivity contribution in [3.63, 3.8) is 0 Å². The number of rotatable bonds is 2. The van der Waals surface area contributed by atoms with E-state index < -0.39 is 0 Å². The summed E-state index contributed by atoms with van der Waals surface area (Å²) in [4.78, 5) is 14.1. The summed E-state index contributed by atoms with van der Waals surface area (Å²) in [7, 11) is 0. The van der Waals surface area contributed by atoms with Crippen molar-refractivity contribution in [2.75, 3.05) is 6.54 Å². The zero-order chi connectivity index (χ0) is 14.3. The van der Waals surface area contributed by atoms with Crippen LogP contribution in [0, 0.1) is 0 Å². The van der Waals surface area contributed by atoms with Crippen LogP contribution >= 0.6 is 0 Å². The molecule has 0 aromatic heterocycles. The van der Waals surface area contributed by atoms with E-state index in [2.05, 4.69) is 49.9 Å². The van der Waals surface area contributed by atoms with Crippen LogP contribution in [0.15, 0.2) is 24.3 Å². The Morgan fingerprint density at radius 3 is 2.16 bits per heavy atom. The molecule has 0 saturated carbocycles. The molecule has 0 radical (unpaired) electrons. The Bertz CT molecular complexity index is 465. The second-order valence-electron chi connectivity index (χ2n) is 7.10. The Labute approximate surface area is 116 Å². The van der Waals surface area contributed by atoms with Gasteiger partial charge in [-0.2, -0.15) is 0 Å². The van der Waals surface area contributed by atoms with Gasteiger partial charge in [0.25, 0.3) is 0 Å². The third kappa shape index (κ3) is 2.89. The van der Waals surface area contributed by atoms with E-state index in [9.17, 15) is 4.79 Å². The van der Waals surface area contributed by atoms with E-state index in [4.69, 9.17) is 0 Å². The number of hydrogen-bond donors (Lipinski definition) is 0. The molecule has 0 bridgehead atoms. The molecule has 2 rings (SSSR count). The van der Waals surface area contributed by atoms with Crippen LogP contribution in [0.25, 0.3) is 0 Å². The van der Waals surface area contributed by atoms with E-state index in [0.717, 1.165) is 13.1 Å². The molecule has 1 aromatic rings. The number of nitrogens with zero attached hydrogens (tertiary/aromatic N) is 1. The van der Waals surface area contributed by atoms with Crippen molar-refractivity contribution >= 4 is 5.78 Å². The van der Waals surface area contributed by atoms with Gasteiger partial charge in [0.1, 0.15) is 0 Å². The fourth-order valence-electron chi connectivity index (χ4n) is 2.61. The lowest BCUT2D eigenvalue weighted by molar-refractivity contribution is -0.123. The molecule has 0 atom stereocenters. The zero-order valence-corrected chi connectivity index (χ0v) is 12.8. The predicted molar refractivity (Wildman–Crippen MR) is 79.3 cm³/mol. The summed E-state index contributed by atoms with van der Waals surface area (Å²) in [6, 6.07) is 8.80. The smallest absolute Gasteiger partial charge is 0.153 e. The van der Waals surface area contributed by atoms with Gasteiger partial charge in [0.05, 0.1) is 5.54 Å². The number of carbonyl (C=O) groups excluding carboxylic acids is 1. The summed E-state index contributed by atoms with van der Waals surface area (Å²) in [5.74, 6) is 0.360. The molecule has 0 unspecified atom stereocenters. The van der Waals surface area contributed by atoms with Gasteiger partial charge in [-0.15, -0.1) is 0 Å². The number of ketones is 1. The van der Waals surface area contributed by atoms with E-state index in [1.165, 1.54) is 11.1 Å². The van der Waals surface area contributed by atoms with Crippen molar-refractivity contribution in [1.82, 2.24) is 4.90 Å². The topological polar surface area (TPSA) is 20.3 Å². The summed E-state index contributed by atoms with van der Waals surface area (Å²) in [5.41, 5.74) is 2.54. The maximum Gasteiger partial charge on any atom is 0.153 e. The van der Waals surface area contributed by atoms with Crippen molar-refractivity contribution < 1.29 is 4.79 Å². The fourth-order valence-corrected chi connectivity index (χ4v) is 2.61. The lowest BCUT2D eigenvalue weighted by Crippen LogP contribution is -2.42. The van der Waals surface area contributed by atoms with E-state index in [1.54, 1.807) is 0 Å². The molecule has 104 valence electrons. The molecule has 1 fully saturated rings. The van der Waals surface area contributed by atoms with E-state index in [0.29, 0.717) is 12.2 Å². The van der Waals surface area contributed by atoms with Crippen LogP contribution in [0.5, 0.6) is 0 Å². The highest BCUT2D eigenvalue weighted by Crippen LogP contribution is 2.28. The highest BCUT2D eigenvalue weighted by atomic mass is 16.1. The molecule has 0 amide bonds. The van der Waals surface area contributed by atoms with Crippen LogP contribution in [-0.2, 0) is 16.8 Å². The molecule has 1 saturated heterocycles. The quantitative estimate of drug-likeness (QED) is 0.809. The Kier molecular flexibility index (Phi) is 3.57. The number of benzene rings is 1. The third-order valence-electron chi connectivity index (χ3n) is 4.28. The van der Waals surface area contributed by atoms with Gasteiger partial charge in [0, 0.05) is 19.5 Å². The summed E-state index contributed by atoms with van der Waals surface area (Å²) < 4.78 is 0. The van der Waals surface area contributed by atoms with Gasteiger partial charge in [-0.3, -0.25) is 9.69 Å². The first-order valence-electron chi connectivity index (χ1n) is 7.09. The van der Waals surface area contributed by atoms with Crippen molar-refractivity contribution in [2.45, 2.75) is 58.5 Å². The molecule has 0 N–H and O–H groups in total. The predicted octanol–water partition coefficient (Wildman–Crippen LogP) is 3.54. The molecule has 2 heteroatoms. The Hall–Kier alpha value is -1.15. The number of carbonyl (C=O) groups is 1. The van der Waals surface area contributed by atoms with E-state index in [1.807, 2.05) is 13.8 Å². The van der Waals surface area contributed by atoms with E-state index in [-0.39, 0.29) is 11.0 Å². The van der Waals surface area contributed by atoms with Crippen LogP contribution in [0.1, 0.15) is 52.2 Å². The Morgan fingerprint density at radius 1 is 1.16 bits per heavy atom. The van der Waals surface area contributed by atoms with Crippen LogP contribution in [0.4, 0.5) is 0 Å². The first kappa shape index (κ1) is 14.3. The summed E-state index contributed by atoms with van der Waals surface area (Å²) >= 11 is 0. The standard InChI is InChI=1S/C17H25NO/c1-16(2,3)14-8-6-13(7-9-14)12-18-11-10-15(19)17(18,4)5/h6-9H,10-12H2,1-5H3. The van der Waals surface area contributed by atoms with Crippen molar-refractivity contribution in [2.24, 2.45) is 0 Å². The SMILES string of the molecule is CC(C)(C)c1ccc(CN2CCC(=O)C2(C)C)cc1. The summed E-state index contributed by atoms with van der Waals surface area (Å²) in [5, 5.41) is 0. The lowest BCUT2D eigenvalue weighted by Gasteiger charge is -2.30. The van der Waals surface area contributed by atoms with Crippen molar-refractivity contribution in [3.8, 4) is 0 Å². The molecular formula is C17H25NO. The molecule has 1 aromatic carbocycles. The maximum atomic E-state index is 11.8. The minimum atomic E-state index is -0.303. The number of likely N-dealkylation sites (tertiary alicyclic amines) is 1. The van der Waals surface area contributed by atoms with Gasteiger partial charge in [-0.05, 0) is 30.4 Å². The zero-order valence-electron chi connectivity index (χ0n) is 12.8. The molecule has 0 aliphatic carbocycles.